The fourth-order valence-corrected chi connectivity index (χ4v) is 1.78. The zero-order valence-electron chi connectivity index (χ0n) is 11.7. The van der Waals surface area contributed by atoms with E-state index < -0.39 is 24.1 Å². The lowest BCUT2D eigenvalue weighted by atomic mass is 9.89. The lowest BCUT2D eigenvalue weighted by Gasteiger charge is -2.30. The molecule has 0 saturated heterocycles. The second kappa shape index (κ2) is 6.17. The predicted octanol–water partition coefficient (Wildman–Crippen LogP) is 4.27. The molecule has 0 radical (unpaired) electrons. The van der Waals surface area contributed by atoms with Crippen molar-refractivity contribution >= 4 is 0 Å². The first kappa shape index (κ1) is 17.7. The number of aliphatic hydroxyl groups is 1. The third-order valence-electron chi connectivity index (χ3n) is 2.91. The van der Waals surface area contributed by atoms with Gasteiger partial charge in [-0.2, -0.15) is 22.0 Å². The van der Waals surface area contributed by atoms with Crippen LogP contribution in [0.1, 0.15) is 32.3 Å². The molecule has 1 unspecified atom stereocenters. The quantitative estimate of drug-likeness (QED) is 0.795. The van der Waals surface area contributed by atoms with E-state index in [0.29, 0.717) is 18.8 Å². The summed E-state index contributed by atoms with van der Waals surface area (Å²) in [6, 6.07) is 5.52. The first-order valence-electron chi connectivity index (χ1n) is 6.40. The Morgan fingerprint density at radius 3 is 2.29 bits per heavy atom. The van der Waals surface area contributed by atoms with Gasteiger partial charge in [-0.05, 0) is 31.0 Å². The van der Waals surface area contributed by atoms with E-state index in [-0.39, 0.29) is 5.56 Å². The molecule has 1 N–H and O–H groups in total. The van der Waals surface area contributed by atoms with Crippen LogP contribution in [-0.2, 0) is 5.60 Å². The normalized spacial score (nSPS) is 15.6. The standard InChI is InChI=1S/C14H17F5O2/c1-3-7-21-11-6-4-5-10(8-11)12(2,20)9-13(15,16)14(17,18)19/h4-6,8,20H,3,7,9H2,1-2H3. The Labute approximate surface area is 119 Å². The van der Waals surface area contributed by atoms with Crippen molar-refractivity contribution in [2.24, 2.45) is 0 Å². The van der Waals surface area contributed by atoms with E-state index >= 15 is 0 Å². The van der Waals surface area contributed by atoms with Crippen molar-refractivity contribution in [2.45, 2.75) is 44.4 Å². The van der Waals surface area contributed by atoms with Crippen LogP contribution in [0.5, 0.6) is 5.75 Å². The van der Waals surface area contributed by atoms with E-state index in [4.69, 9.17) is 4.74 Å². The molecule has 21 heavy (non-hydrogen) atoms. The largest absolute Gasteiger partial charge is 0.494 e. The van der Waals surface area contributed by atoms with E-state index in [1.165, 1.54) is 24.3 Å². The Balaban J connectivity index is 2.97. The molecular weight excluding hydrogens is 295 g/mol. The Morgan fingerprint density at radius 2 is 1.76 bits per heavy atom. The molecule has 0 aliphatic heterocycles. The van der Waals surface area contributed by atoms with Crippen LogP contribution in [0.15, 0.2) is 24.3 Å². The number of alkyl halides is 5. The van der Waals surface area contributed by atoms with Gasteiger partial charge < -0.3 is 9.84 Å². The Bertz CT molecular complexity index is 469. The molecule has 0 fully saturated rings. The number of benzene rings is 1. The molecule has 0 aliphatic carbocycles. The number of hydrogen-bond donors (Lipinski definition) is 1. The van der Waals surface area contributed by atoms with E-state index in [9.17, 15) is 27.1 Å². The van der Waals surface area contributed by atoms with Crippen LogP contribution in [0.25, 0.3) is 0 Å². The first-order valence-corrected chi connectivity index (χ1v) is 6.40. The molecule has 0 heterocycles. The van der Waals surface area contributed by atoms with Crippen LogP contribution in [0.4, 0.5) is 22.0 Å². The maximum atomic E-state index is 13.1. The highest BCUT2D eigenvalue weighted by molar-refractivity contribution is 5.32. The highest BCUT2D eigenvalue weighted by Crippen LogP contribution is 2.44. The summed E-state index contributed by atoms with van der Waals surface area (Å²) in [5.74, 6) is -4.67. The average molecular weight is 312 g/mol. The maximum absolute atomic E-state index is 13.1. The molecule has 0 spiro atoms. The van der Waals surface area contributed by atoms with Crippen molar-refractivity contribution < 1.29 is 31.8 Å². The topological polar surface area (TPSA) is 29.5 Å². The predicted molar refractivity (Wildman–Crippen MR) is 67.4 cm³/mol. The lowest BCUT2D eigenvalue weighted by molar-refractivity contribution is -0.296. The fraction of sp³-hybridized carbons (Fsp3) is 0.571. The van der Waals surface area contributed by atoms with Crippen molar-refractivity contribution in [1.29, 1.82) is 0 Å². The third-order valence-corrected chi connectivity index (χ3v) is 2.91. The van der Waals surface area contributed by atoms with Gasteiger partial charge in [-0.15, -0.1) is 0 Å². The molecule has 0 aliphatic rings. The van der Waals surface area contributed by atoms with Crippen LogP contribution >= 0.6 is 0 Å². The molecule has 1 atom stereocenters. The van der Waals surface area contributed by atoms with Gasteiger partial charge in [-0.1, -0.05) is 19.1 Å². The lowest BCUT2D eigenvalue weighted by Crippen LogP contribution is -2.42. The molecule has 0 aromatic heterocycles. The van der Waals surface area contributed by atoms with Gasteiger partial charge in [0.25, 0.3) is 0 Å². The Kier molecular flexibility index (Phi) is 5.20. The molecule has 7 heteroatoms. The van der Waals surface area contributed by atoms with Gasteiger partial charge in [0.15, 0.2) is 0 Å². The average Bonchev–Trinajstić information content (AvgIpc) is 2.34. The second-order valence-electron chi connectivity index (χ2n) is 5.03. The molecule has 120 valence electrons. The summed E-state index contributed by atoms with van der Waals surface area (Å²) in [5.41, 5.74) is -2.38. The summed E-state index contributed by atoms with van der Waals surface area (Å²) in [6.07, 6.45) is -6.74. The molecule has 0 saturated carbocycles. The van der Waals surface area contributed by atoms with Crippen LogP contribution in [0.2, 0.25) is 0 Å². The second-order valence-corrected chi connectivity index (χ2v) is 5.03. The minimum Gasteiger partial charge on any atom is -0.494 e. The highest BCUT2D eigenvalue weighted by Gasteiger charge is 2.59. The number of rotatable bonds is 6. The summed E-state index contributed by atoms with van der Waals surface area (Å²) in [6.45, 7) is 3.17. The van der Waals surface area contributed by atoms with E-state index in [2.05, 4.69) is 0 Å². The minimum absolute atomic E-state index is 0.0555. The third kappa shape index (κ3) is 4.56. The van der Waals surface area contributed by atoms with Crippen molar-refractivity contribution in [3.8, 4) is 5.75 Å². The number of halogens is 5. The molecule has 1 aromatic rings. The fourth-order valence-electron chi connectivity index (χ4n) is 1.78. The summed E-state index contributed by atoms with van der Waals surface area (Å²) in [4.78, 5) is 0. The molecule has 0 bridgehead atoms. The van der Waals surface area contributed by atoms with Crippen LogP contribution < -0.4 is 4.74 Å². The molecule has 1 aromatic carbocycles. The molecule has 2 nitrogen and oxygen atoms in total. The van der Waals surface area contributed by atoms with Gasteiger partial charge in [-0.3, -0.25) is 0 Å². The summed E-state index contributed by atoms with van der Waals surface area (Å²) < 4.78 is 68.2. The Hall–Kier alpha value is -1.37. The van der Waals surface area contributed by atoms with Gasteiger partial charge in [0.2, 0.25) is 0 Å². The van der Waals surface area contributed by atoms with Gasteiger partial charge in [0.05, 0.1) is 18.6 Å². The molecule has 0 amide bonds. The van der Waals surface area contributed by atoms with E-state index in [1.54, 1.807) is 0 Å². The van der Waals surface area contributed by atoms with Crippen molar-refractivity contribution in [3.05, 3.63) is 29.8 Å². The van der Waals surface area contributed by atoms with Crippen molar-refractivity contribution in [2.75, 3.05) is 6.61 Å². The van der Waals surface area contributed by atoms with Crippen molar-refractivity contribution in [3.63, 3.8) is 0 Å². The van der Waals surface area contributed by atoms with Gasteiger partial charge in [0, 0.05) is 0 Å². The van der Waals surface area contributed by atoms with E-state index in [0.717, 1.165) is 6.92 Å². The monoisotopic (exact) mass is 312 g/mol. The maximum Gasteiger partial charge on any atom is 0.453 e. The minimum atomic E-state index is -5.70. The zero-order chi connectivity index (χ0) is 16.3. The zero-order valence-corrected chi connectivity index (χ0v) is 11.7. The van der Waals surface area contributed by atoms with Crippen LogP contribution in [-0.4, -0.2) is 23.8 Å². The summed E-state index contributed by atoms with van der Waals surface area (Å²) in [7, 11) is 0. The molecule has 1 rings (SSSR count). The van der Waals surface area contributed by atoms with E-state index in [1.807, 2.05) is 6.92 Å². The Morgan fingerprint density at radius 1 is 1.14 bits per heavy atom. The smallest absolute Gasteiger partial charge is 0.453 e. The molecular formula is C14H17F5O2. The van der Waals surface area contributed by atoms with Crippen LogP contribution in [0.3, 0.4) is 0 Å². The van der Waals surface area contributed by atoms with Crippen molar-refractivity contribution in [1.82, 2.24) is 0 Å². The summed E-state index contributed by atoms with van der Waals surface area (Å²) >= 11 is 0. The van der Waals surface area contributed by atoms with Gasteiger partial charge in [0.1, 0.15) is 5.75 Å². The SMILES string of the molecule is CCCOc1cccc(C(C)(O)CC(F)(F)C(F)(F)F)c1. The van der Waals surface area contributed by atoms with Crippen LogP contribution in [0, 0.1) is 0 Å². The number of hydrogen-bond acceptors (Lipinski definition) is 2. The highest BCUT2D eigenvalue weighted by atomic mass is 19.4. The summed E-state index contributed by atoms with van der Waals surface area (Å²) in [5, 5.41) is 10.00. The van der Waals surface area contributed by atoms with Gasteiger partial charge >= 0.3 is 12.1 Å². The first-order chi connectivity index (χ1) is 9.49. The van der Waals surface area contributed by atoms with Gasteiger partial charge in [-0.25, -0.2) is 0 Å². The number of ether oxygens (including phenoxy) is 1.